The molecule has 0 radical (unpaired) electrons. The molecule has 0 bridgehead atoms. The standard InChI is InChI=1S/C19H17ClFN3O3S/c20-16-5-1-2-6-17(16)28(25,26)24-11-3-4-14(12-24)19-22-18(23-27-19)13-7-9-15(21)10-8-13/h1-2,5-10,14H,3-4,11-12H2/t14-/m0/s1. The van der Waals surface area contributed by atoms with Crippen molar-refractivity contribution in [3.05, 3.63) is 65.3 Å². The second-order valence-corrected chi connectivity index (χ2v) is 8.91. The van der Waals surface area contributed by atoms with Gasteiger partial charge >= 0.3 is 0 Å². The average molecular weight is 422 g/mol. The first kappa shape index (κ1) is 19.0. The summed E-state index contributed by atoms with van der Waals surface area (Å²) in [6.07, 6.45) is 1.40. The van der Waals surface area contributed by atoms with E-state index in [2.05, 4.69) is 10.1 Å². The molecule has 1 aliphatic rings. The molecule has 3 aromatic rings. The molecule has 9 heteroatoms. The second-order valence-electron chi connectivity index (χ2n) is 6.60. The lowest BCUT2D eigenvalue weighted by molar-refractivity contribution is 0.265. The van der Waals surface area contributed by atoms with Gasteiger partial charge in [-0.1, -0.05) is 28.9 Å². The van der Waals surface area contributed by atoms with Gasteiger partial charge in [0.15, 0.2) is 0 Å². The van der Waals surface area contributed by atoms with E-state index in [1.54, 1.807) is 30.3 Å². The van der Waals surface area contributed by atoms with Crippen LogP contribution in [0.3, 0.4) is 0 Å². The van der Waals surface area contributed by atoms with E-state index >= 15 is 0 Å². The molecule has 0 saturated carbocycles. The summed E-state index contributed by atoms with van der Waals surface area (Å²) < 4.78 is 45.8. The molecule has 4 rings (SSSR count). The number of hydrogen-bond acceptors (Lipinski definition) is 5. The Bertz CT molecular complexity index is 1090. The quantitative estimate of drug-likeness (QED) is 0.634. The molecule has 28 heavy (non-hydrogen) atoms. The van der Waals surface area contributed by atoms with Gasteiger partial charge in [0, 0.05) is 18.7 Å². The van der Waals surface area contributed by atoms with Gasteiger partial charge in [0.1, 0.15) is 10.7 Å². The smallest absolute Gasteiger partial charge is 0.244 e. The molecule has 1 aromatic heterocycles. The number of benzene rings is 2. The zero-order valence-electron chi connectivity index (χ0n) is 14.8. The van der Waals surface area contributed by atoms with E-state index in [0.29, 0.717) is 30.2 Å². The molecule has 0 unspecified atom stereocenters. The molecule has 2 heterocycles. The fourth-order valence-corrected chi connectivity index (χ4v) is 5.29. The van der Waals surface area contributed by atoms with Crippen LogP contribution in [0.5, 0.6) is 0 Å². The maximum absolute atomic E-state index is 13.1. The van der Waals surface area contributed by atoms with Crippen LogP contribution < -0.4 is 0 Å². The van der Waals surface area contributed by atoms with Crippen molar-refractivity contribution in [2.45, 2.75) is 23.7 Å². The number of aromatic nitrogens is 2. The van der Waals surface area contributed by atoms with Crippen LogP contribution >= 0.6 is 11.6 Å². The Morgan fingerprint density at radius 3 is 2.64 bits per heavy atom. The Morgan fingerprint density at radius 1 is 1.14 bits per heavy atom. The van der Waals surface area contributed by atoms with Crippen LogP contribution in [0.2, 0.25) is 5.02 Å². The van der Waals surface area contributed by atoms with Crippen molar-refractivity contribution < 1.29 is 17.3 Å². The Kier molecular flexibility index (Phi) is 5.18. The number of halogens is 2. The van der Waals surface area contributed by atoms with Crippen LogP contribution in [0.1, 0.15) is 24.7 Å². The minimum atomic E-state index is -3.71. The predicted octanol–water partition coefficient (Wildman–Crippen LogP) is 4.10. The minimum Gasteiger partial charge on any atom is -0.339 e. The van der Waals surface area contributed by atoms with Crippen LogP contribution in [-0.4, -0.2) is 36.0 Å². The molecule has 1 aliphatic heterocycles. The van der Waals surface area contributed by atoms with Gasteiger partial charge in [0.2, 0.25) is 21.7 Å². The topological polar surface area (TPSA) is 76.3 Å². The molecule has 6 nitrogen and oxygen atoms in total. The van der Waals surface area contributed by atoms with E-state index in [-0.39, 0.29) is 28.2 Å². The van der Waals surface area contributed by atoms with Crippen LogP contribution in [-0.2, 0) is 10.0 Å². The first-order chi connectivity index (χ1) is 13.4. The van der Waals surface area contributed by atoms with Gasteiger partial charge in [-0.2, -0.15) is 9.29 Å². The van der Waals surface area contributed by atoms with Gasteiger partial charge in [0.05, 0.1) is 10.9 Å². The van der Waals surface area contributed by atoms with Crippen LogP contribution in [0, 0.1) is 5.82 Å². The first-order valence-electron chi connectivity index (χ1n) is 8.79. The predicted molar refractivity (Wildman–Crippen MR) is 102 cm³/mol. The summed E-state index contributed by atoms with van der Waals surface area (Å²) in [5, 5.41) is 4.15. The van der Waals surface area contributed by atoms with E-state index in [4.69, 9.17) is 16.1 Å². The molecule has 1 atom stereocenters. The van der Waals surface area contributed by atoms with Crippen LogP contribution in [0.25, 0.3) is 11.4 Å². The summed E-state index contributed by atoms with van der Waals surface area (Å²) in [5.41, 5.74) is 0.632. The van der Waals surface area contributed by atoms with Crippen molar-refractivity contribution in [1.29, 1.82) is 0 Å². The van der Waals surface area contributed by atoms with E-state index < -0.39 is 10.0 Å². The average Bonchev–Trinajstić information content (AvgIpc) is 3.19. The SMILES string of the molecule is O=S(=O)(c1ccccc1Cl)N1CCC[C@H](c2nc(-c3ccc(F)cc3)no2)C1. The molecule has 1 fully saturated rings. The molecular weight excluding hydrogens is 405 g/mol. The van der Waals surface area contributed by atoms with Gasteiger partial charge in [-0.3, -0.25) is 0 Å². The third-order valence-corrected chi connectivity index (χ3v) is 7.10. The lowest BCUT2D eigenvalue weighted by Gasteiger charge is -2.30. The molecule has 146 valence electrons. The van der Waals surface area contributed by atoms with Gasteiger partial charge in [-0.05, 0) is 49.2 Å². The van der Waals surface area contributed by atoms with Crippen molar-refractivity contribution >= 4 is 21.6 Å². The largest absolute Gasteiger partial charge is 0.339 e. The highest BCUT2D eigenvalue weighted by Gasteiger charge is 2.34. The molecule has 0 N–H and O–H groups in total. The van der Waals surface area contributed by atoms with E-state index in [1.165, 1.54) is 22.5 Å². The fraction of sp³-hybridized carbons (Fsp3) is 0.263. The van der Waals surface area contributed by atoms with E-state index in [1.807, 2.05) is 0 Å². The Morgan fingerprint density at radius 2 is 1.89 bits per heavy atom. The lowest BCUT2D eigenvalue weighted by Crippen LogP contribution is -2.39. The third-order valence-electron chi connectivity index (χ3n) is 4.73. The van der Waals surface area contributed by atoms with E-state index in [9.17, 15) is 12.8 Å². The molecule has 0 amide bonds. The van der Waals surface area contributed by atoms with E-state index in [0.717, 1.165) is 6.42 Å². The first-order valence-corrected chi connectivity index (χ1v) is 10.6. The van der Waals surface area contributed by atoms with Gasteiger partial charge in [-0.15, -0.1) is 0 Å². The van der Waals surface area contributed by atoms with Crippen molar-refractivity contribution in [3.8, 4) is 11.4 Å². The normalized spacial score (nSPS) is 18.3. The summed E-state index contributed by atoms with van der Waals surface area (Å²) in [7, 11) is -3.71. The van der Waals surface area contributed by atoms with Gasteiger partial charge in [0.25, 0.3) is 0 Å². The van der Waals surface area contributed by atoms with Crippen molar-refractivity contribution in [2.75, 3.05) is 13.1 Å². The highest BCUT2D eigenvalue weighted by atomic mass is 35.5. The molecule has 2 aromatic carbocycles. The van der Waals surface area contributed by atoms with Gasteiger partial charge < -0.3 is 4.52 Å². The fourth-order valence-electron chi connectivity index (χ4n) is 3.27. The van der Waals surface area contributed by atoms with Crippen molar-refractivity contribution in [2.24, 2.45) is 0 Å². The Balaban J connectivity index is 1.56. The Hall–Kier alpha value is -2.29. The maximum Gasteiger partial charge on any atom is 0.244 e. The molecule has 0 spiro atoms. The molecule has 0 aliphatic carbocycles. The summed E-state index contributed by atoms with van der Waals surface area (Å²) in [5.74, 6) is 0.160. The Labute approximate surface area is 167 Å². The third kappa shape index (κ3) is 3.67. The monoisotopic (exact) mass is 421 g/mol. The van der Waals surface area contributed by atoms with Crippen molar-refractivity contribution in [3.63, 3.8) is 0 Å². The number of sulfonamides is 1. The minimum absolute atomic E-state index is 0.0925. The molecule has 1 saturated heterocycles. The van der Waals surface area contributed by atoms with Crippen LogP contribution in [0.15, 0.2) is 57.9 Å². The number of nitrogens with zero attached hydrogens (tertiary/aromatic N) is 3. The lowest BCUT2D eigenvalue weighted by atomic mass is 10.00. The molecular formula is C19H17ClFN3O3S. The van der Waals surface area contributed by atoms with Crippen molar-refractivity contribution in [1.82, 2.24) is 14.4 Å². The number of piperidine rings is 1. The maximum atomic E-state index is 13.1. The number of hydrogen-bond donors (Lipinski definition) is 0. The summed E-state index contributed by atoms with van der Waals surface area (Å²) in [6, 6.07) is 12.2. The second kappa shape index (κ2) is 7.62. The summed E-state index contributed by atoms with van der Waals surface area (Å²) in [6.45, 7) is 0.640. The zero-order valence-corrected chi connectivity index (χ0v) is 16.3. The zero-order chi connectivity index (χ0) is 19.7. The number of rotatable bonds is 4. The highest BCUT2D eigenvalue weighted by Crippen LogP contribution is 2.32. The van der Waals surface area contributed by atoms with Crippen LogP contribution in [0.4, 0.5) is 4.39 Å². The summed E-state index contributed by atoms with van der Waals surface area (Å²) in [4.78, 5) is 4.49. The highest BCUT2D eigenvalue weighted by molar-refractivity contribution is 7.89. The van der Waals surface area contributed by atoms with Gasteiger partial charge in [-0.25, -0.2) is 12.8 Å². The summed E-state index contributed by atoms with van der Waals surface area (Å²) >= 11 is 6.09.